The summed E-state index contributed by atoms with van der Waals surface area (Å²) in [5.41, 5.74) is 0. The van der Waals surface area contributed by atoms with Gasteiger partial charge in [-0.05, 0) is 38.3 Å². The molecular weight excluding hydrogens is 98.1 g/mol. The number of nitrogens with one attached hydrogen (secondary N) is 1. The summed E-state index contributed by atoms with van der Waals surface area (Å²) in [6.07, 6.45) is 2.86. The van der Waals surface area contributed by atoms with Crippen molar-refractivity contribution in [2.45, 2.75) is 19.8 Å². The van der Waals surface area contributed by atoms with Crippen LogP contribution in [0.1, 0.15) is 19.8 Å². The molecule has 0 radical (unpaired) electrons. The molecule has 1 rings (SSSR count). The summed E-state index contributed by atoms with van der Waals surface area (Å²) in [5, 5.41) is 3.16. The standard InChI is InChI=1S/C7H15N/c1-6-5-7(6)3-4-8-2/h6-8H,3-5H2,1-2H3. The summed E-state index contributed by atoms with van der Waals surface area (Å²) in [5.74, 6) is 2.09. The molecule has 8 heavy (non-hydrogen) atoms. The van der Waals surface area contributed by atoms with E-state index >= 15 is 0 Å². The molecule has 48 valence electrons. The molecule has 1 N–H and O–H groups in total. The van der Waals surface area contributed by atoms with Gasteiger partial charge in [0.15, 0.2) is 0 Å². The predicted molar refractivity (Wildman–Crippen MR) is 35.8 cm³/mol. The Balaban J connectivity index is 1.89. The van der Waals surface area contributed by atoms with Crippen molar-refractivity contribution in [3.8, 4) is 0 Å². The Morgan fingerprint density at radius 2 is 2.25 bits per heavy atom. The second kappa shape index (κ2) is 2.49. The summed E-state index contributed by atoms with van der Waals surface area (Å²) in [7, 11) is 2.02. The number of hydrogen-bond acceptors (Lipinski definition) is 1. The van der Waals surface area contributed by atoms with Crippen LogP contribution < -0.4 is 5.32 Å². The van der Waals surface area contributed by atoms with E-state index in [0.29, 0.717) is 0 Å². The van der Waals surface area contributed by atoms with Crippen molar-refractivity contribution < 1.29 is 0 Å². The average Bonchev–Trinajstić information content (AvgIpc) is 2.42. The predicted octanol–water partition coefficient (Wildman–Crippen LogP) is 1.25. The zero-order valence-corrected chi connectivity index (χ0v) is 5.78. The van der Waals surface area contributed by atoms with Gasteiger partial charge in [0, 0.05) is 0 Å². The van der Waals surface area contributed by atoms with Crippen LogP contribution >= 0.6 is 0 Å². The molecule has 1 saturated carbocycles. The van der Waals surface area contributed by atoms with Gasteiger partial charge in [-0.25, -0.2) is 0 Å². The second-order valence-electron chi connectivity index (χ2n) is 2.87. The molecule has 0 aromatic carbocycles. The van der Waals surface area contributed by atoms with E-state index in [1.165, 1.54) is 19.4 Å². The van der Waals surface area contributed by atoms with Crippen LogP contribution in [-0.4, -0.2) is 13.6 Å². The first-order chi connectivity index (χ1) is 3.84. The minimum Gasteiger partial charge on any atom is -0.320 e. The highest BCUT2D eigenvalue weighted by Crippen LogP contribution is 2.39. The molecule has 1 heteroatoms. The van der Waals surface area contributed by atoms with Crippen LogP contribution in [-0.2, 0) is 0 Å². The van der Waals surface area contributed by atoms with E-state index in [1.807, 2.05) is 7.05 Å². The lowest BCUT2D eigenvalue weighted by Crippen LogP contribution is -2.08. The van der Waals surface area contributed by atoms with Crippen LogP contribution in [0, 0.1) is 11.8 Å². The first-order valence-corrected chi connectivity index (χ1v) is 3.49. The van der Waals surface area contributed by atoms with Gasteiger partial charge in [-0.3, -0.25) is 0 Å². The topological polar surface area (TPSA) is 12.0 Å². The van der Waals surface area contributed by atoms with E-state index < -0.39 is 0 Å². The Kier molecular flexibility index (Phi) is 1.90. The molecule has 0 amide bonds. The molecule has 0 aliphatic heterocycles. The maximum atomic E-state index is 3.16. The van der Waals surface area contributed by atoms with Gasteiger partial charge in [-0.15, -0.1) is 0 Å². The molecule has 0 aromatic rings. The van der Waals surface area contributed by atoms with Crippen molar-refractivity contribution in [1.82, 2.24) is 5.32 Å². The van der Waals surface area contributed by atoms with Gasteiger partial charge in [0.2, 0.25) is 0 Å². The van der Waals surface area contributed by atoms with Gasteiger partial charge < -0.3 is 5.32 Å². The molecule has 1 nitrogen and oxygen atoms in total. The highest BCUT2D eigenvalue weighted by atomic mass is 14.8. The third-order valence-electron chi connectivity index (χ3n) is 2.04. The average molecular weight is 113 g/mol. The summed E-state index contributed by atoms with van der Waals surface area (Å²) in [4.78, 5) is 0. The minimum absolute atomic E-state index is 1.03. The summed E-state index contributed by atoms with van der Waals surface area (Å²) in [6, 6.07) is 0. The Morgan fingerprint density at radius 1 is 1.62 bits per heavy atom. The van der Waals surface area contributed by atoms with Gasteiger partial charge in [0.1, 0.15) is 0 Å². The minimum atomic E-state index is 1.03. The lowest BCUT2D eigenvalue weighted by atomic mass is 10.2. The molecule has 2 unspecified atom stereocenters. The second-order valence-corrected chi connectivity index (χ2v) is 2.87. The van der Waals surface area contributed by atoms with Crippen molar-refractivity contribution in [3.63, 3.8) is 0 Å². The lowest BCUT2D eigenvalue weighted by molar-refractivity contribution is 0.632. The van der Waals surface area contributed by atoms with Gasteiger partial charge in [-0.2, -0.15) is 0 Å². The maximum Gasteiger partial charge on any atom is -0.00492 e. The molecule has 1 aliphatic rings. The van der Waals surface area contributed by atoms with Gasteiger partial charge in [0.05, 0.1) is 0 Å². The van der Waals surface area contributed by atoms with Crippen molar-refractivity contribution in [3.05, 3.63) is 0 Å². The number of hydrogen-bond donors (Lipinski definition) is 1. The normalized spacial score (nSPS) is 35.2. The van der Waals surface area contributed by atoms with Gasteiger partial charge >= 0.3 is 0 Å². The van der Waals surface area contributed by atoms with E-state index in [9.17, 15) is 0 Å². The Morgan fingerprint density at radius 3 is 2.62 bits per heavy atom. The van der Waals surface area contributed by atoms with E-state index in [0.717, 1.165) is 11.8 Å². The Labute approximate surface area is 51.5 Å². The van der Waals surface area contributed by atoms with Crippen molar-refractivity contribution in [1.29, 1.82) is 0 Å². The first-order valence-electron chi connectivity index (χ1n) is 3.49. The van der Waals surface area contributed by atoms with Crippen LogP contribution in [0.2, 0.25) is 0 Å². The van der Waals surface area contributed by atoms with Crippen molar-refractivity contribution >= 4 is 0 Å². The molecule has 0 saturated heterocycles. The molecule has 0 aromatic heterocycles. The fraction of sp³-hybridized carbons (Fsp3) is 1.00. The van der Waals surface area contributed by atoms with Crippen LogP contribution in [0.15, 0.2) is 0 Å². The third-order valence-corrected chi connectivity index (χ3v) is 2.04. The van der Waals surface area contributed by atoms with E-state index in [2.05, 4.69) is 12.2 Å². The summed E-state index contributed by atoms with van der Waals surface area (Å²) < 4.78 is 0. The molecule has 1 fully saturated rings. The monoisotopic (exact) mass is 113 g/mol. The van der Waals surface area contributed by atoms with E-state index in [-0.39, 0.29) is 0 Å². The first kappa shape index (κ1) is 6.09. The van der Waals surface area contributed by atoms with Crippen LogP contribution in [0.5, 0.6) is 0 Å². The molecule has 0 bridgehead atoms. The fourth-order valence-electron chi connectivity index (χ4n) is 1.13. The molecule has 0 heterocycles. The van der Waals surface area contributed by atoms with Gasteiger partial charge in [-0.1, -0.05) is 6.92 Å². The Hall–Kier alpha value is -0.0400. The highest BCUT2D eigenvalue weighted by Gasteiger charge is 2.30. The van der Waals surface area contributed by atoms with Crippen LogP contribution in [0.3, 0.4) is 0 Å². The largest absolute Gasteiger partial charge is 0.320 e. The Bertz CT molecular complexity index is 70.8. The zero-order valence-electron chi connectivity index (χ0n) is 5.78. The zero-order chi connectivity index (χ0) is 5.98. The highest BCUT2D eigenvalue weighted by molar-refractivity contribution is 4.82. The molecule has 1 aliphatic carbocycles. The lowest BCUT2D eigenvalue weighted by Gasteiger charge is -1.93. The molecule has 0 spiro atoms. The van der Waals surface area contributed by atoms with Gasteiger partial charge in [0.25, 0.3) is 0 Å². The van der Waals surface area contributed by atoms with E-state index in [4.69, 9.17) is 0 Å². The smallest absolute Gasteiger partial charge is 0.00492 e. The fourth-order valence-corrected chi connectivity index (χ4v) is 1.13. The molecular formula is C7H15N. The van der Waals surface area contributed by atoms with Crippen LogP contribution in [0.25, 0.3) is 0 Å². The van der Waals surface area contributed by atoms with Crippen molar-refractivity contribution in [2.75, 3.05) is 13.6 Å². The van der Waals surface area contributed by atoms with E-state index in [1.54, 1.807) is 0 Å². The quantitative estimate of drug-likeness (QED) is 0.581. The summed E-state index contributed by atoms with van der Waals surface area (Å²) in [6.45, 7) is 3.54. The third kappa shape index (κ3) is 1.48. The SMILES string of the molecule is CNCCC1CC1C. The number of rotatable bonds is 3. The van der Waals surface area contributed by atoms with Crippen LogP contribution in [0.4, 0.5) is 0 Å². The maximum absolute atomic E-state index is 3.16. The summed E-state index contributed by atoms with van der Waals surface area (Å²) >= 11 is 0. The van der Waals surface area contributed by atoms with Crippen molar-refractivity contribution in [2.24, 2.45) is 11.8 Å². The molecule has 2 atom stereocenters.